The van der Waals surface area contributed by atoms with Crippen molar-refractivity contribution in [2.24, 2.45) is 0 Å². The Morgan fingerprint density at radius 1 is 0.941 bits per heavy atom. The first-order valence-corrected chi connectivity index (χ1v) is 10.8. The Morgan fingerprint density at radius 3 is 2.03 bits per heavy atom. The molecule has 1 saturated heterocycles. The first kappa shape index (κ1) is 23.6. The molecule has 9 heteroatoms. The Bertz CT molecular complexity index is 1280. The fourth-order valence-electron chi connectivity index (χ4n) is 3.96. The van der Waals surface area contributed by atoms with E-state index in [0.29, 0.717) is 5.56 Å². The summed E-state index contributed by atoms with van der Waals surface area (Å²) in [5.74, 6) is -2.41. The highest BCUT2D eigenvalue weighted by atomic mass is 35.5. The molecule has 3 aromatic carbocycles. The molecular weight excluding hydrogens is 484 g/mol. The number of aliphatic hydroxyl groups excluding tert-OH is 1. The normalized spacial score (nSPS) is 17.2. The van der Waals surface area contributed by atoms with Gasteiger partial charge in [-0.3, -0.25) is 14.5 Å². The van der Waals surface area contributed by atoms with Gasteiger partial charge in [-0.1, -0.05) is 41.4 Å². The molecular formula is C25H18Cl2FNO5. The van der Waals surface area contributed by atoms with Gasteiger partial charge in [0.1, 0.15) is 28.6 Å². The molecule has 3 aromatic rings. The molecule has 1 heterocycles. The van der Waals surface area contributed by atoms with Crippen molar-refractivity contribution in [3.8, 4) is 11.5 Å². The summed E-state index contributed by atoms with van der Waals surface area (Å²) >= 11 is 12.3. The van der Waals surface area contributed by atoms with Crippen molar-refractivity contribution in [2.75, 3.05) is 19.1 Å². The smallest absolute Gasteiger partial charge is 0.300 e. The number of benzene rings is 3. The molecule has 4 rings (SSSR count). The summed E-state index contributed by atoms with van der Waals surface area (Å²) in [6, 6.07) is 13.4. The number of amides is 1. The van der Waals surface area contributed by atoms with Crippen molar-refractivity contribution in [1.29, 1.82) is 0 Å². The van der Waals surface area contributed by atoms with Crippen LogP contribution < -0.4 is 14.4 Å². The van der Waals surface area contributed by atoms with E-state index in [0.717, 1.165) is 0 Å². The van der Waals surface area contributed by atoms with E-state index >= 15 is 0 Å². The van der Waals surface area contributed by atoms with Gasteiger partial charge in [0.15, 0.2) is 0 Å². The van der Waals surface area contributed by atoms with Crippen molar-refractivity contribution in [3.63, 3.8) is 0 Å². The Hall–Kier alpha value is -3.55. The predicted molar refractivity (Wildman–Crippen MR) is 127 cm³/mol. The van der Waals surface area contributed by atoms with E-state index in [2.05, 4.69) is 0 Å². The number of aliphatic hydroxyl groups is 1. The maximum absolute atomic E-state index is 13.7. The first-order chi connectivity index (χ1) is 16.3. The Labute approximate surface area is 204 Å². The molecule has 0 aliphatic carbocycles. The lowest BCUT2D eigenvalue weighted by atomic mass is 9.94. The third-order valence-electron chi connectivity index (χ3n) is 5.42. The van der Waals surface area contributed by atoms with Crippen LogP contribution in [0.1, 0.15) is 17.2 Å². The SMILES string of the molecule is COc1cccc(OC)c1/C(O)=C1\C(=O)C(=O)N(c2cc(Cl)cc(Cl)c2)C1c1ccc(F)cc1. The number of hydrogen-bond acceptors (Lipinski definition) is 5. The number of carbonyl (C=O) groups excluding carboxylic acids is 2. The number of methoxy groups -OCH3 is 2. The molecule has 0 spiro atoms. The number of ketones is 1. The minimum absolute atomic E-state index is 0.0988. The molecule has 0 bridgehead atoms. The highest BCUT2D eigenvalue weighted by Crippen LogP contribution is 2.45. The van der Waals surface area contributed by atoms with E-state index in [9.17, 15) is 19.1 Å². The maximum atomic E-state index is 13.7. The molecule has 174 valence electrons. The molecule has 1 amide bonds. The number of nitrogens with zero attached hydrogens (tertiary/aromatic N) is 1. The highest BCUT2D eigenvalue weighted by molar-refractivity contribution is 6.52. The second-order valence-corrected chi connectivity index (χ2v) is 8.26. The Balaban J connectivity index is 2.03. The van der Waals surface area contributed by atoms with E-state index < -0.39 is 29.3 Å². The number of hydrogen-bond donors (Lipinski definition) is 1. The molecule has 1 atom stereocenters. The number of halogens is 3. The third kappa shape index (κ3) is 4.08. The molecule has 0 saturated carbocycles. The van der Waals surface area contributed by atoms with Crippen LogP contribution in [0.15, 0.2) is 66.2 Å². The zero-order chi connectivity index (χ0) is 24.6. The molecule has 0 radical (unpaired) electrons. The number of rotatable bonds is 5. The summed E-state index contributed by atoms with van der Waals surface area (Å²) in [7, 11) is 2.80. The van der Waals surface area contributed by atoms with Crippen molar-refractivity contribution in [3.05, 3.63) is 93.2 Å². The van der Waals surface area contributed by atoms with E-state index in [1.165, 1.54) is 61.6 Å². The standard InChI is InChI=1S/C25H18Cl2FNO5/c1-33-18-4-3-5-19(34-2)20(18)23(30)21-22(13-6-8-16(28)9-7-13)29(25(32)24(21)31)17-11-14(26)10-15(27)12-17/h3-12,22,30H,1-2H3/b23-21+. The summed E-state index contributed by atoms with van der Waals surface area (Å²) < 4.78 is 24.4. The Morgan fingerprint density at radius 2 is 1.50 bits per heavy atom. The summed E-state index contributed by atoms with van der Waals surface area (Å²) in [5.41, 5.74) is 0.490. The van der Waals surface area contributed by atoms with Gasteiger partial charge in [-0.25, -0.2) is 4.39 Å². The van der Waals surface area contributed by atoms with Crippen LogP contribution in [0.4, 0.5) is 10.1 Å². The number of anilines is 1. The van der Waals surface area contributed by atoms with Crippen molar-refractivity contribution in [1.82, 2.24) is 0 Å². The lowest BCUT2D eigenvalue weighted by molar-refractivity contribution is -0.132. The second-order valence-electron chi connectivity index (χ2n) is 7.39. The van der Waals surface area contributed by atoms with Crippen molar-refractivity contribution in [2.45, 2.75) is 6.04 Å². The van der Waals surface area contributed by atoms with Crippen LogP contribution in [0.3, 0.4) is 0 Å². The first-order valence-electron chi connectivity index (χ1n) is 10.0. The third-order valence-corrected chi connectivity index (χ3v) is 5.86. The Kier molecular flexibility index (Phi) is 6.50. The van der Waals surface area contributed by atoms with Gasteiger partial charge in [-0.15, -0.1) is 0 Å². The molecule has 0 aromatic heterocycles. The van der Waals surface area contributed by atoms with E-state index in [4.69, 9.17) is 32.7 Å². The largest absolute Gasteiger partial charge is 0.506 e. The lowest BCUT2D eigenvalue weighted by Crippen LogP contribution is -2.29. The minimum atomic E-state index is -1.11. The molecule has 1 aliphatic heterocycles. The monoisotopic (exact) mass is 501 g/mol. The minimum Gasteiger partial charge on any atom is -0.506 e. The maximum Gasteiger partial charge on any atom is 0.300 e. The van der Waals surface area contributed by atoms with Crippen LogP contribution in [0.2, 0.25) is 10.0 Å². The lowest BCUT2D eigenvalue weighted by Gasteiger charge is -2.26. The van der Waals surface area contributed by atoms with Gasteiger partial charge in [0.2, 0.25) is 0 Å². The van der Waals surface area contributed by atoms with Gasteiger partial charge < -0.3 is 14.6 Å². The molecule has 1 unspecified atom stereocenters. The average molecular weight is 502 g/mol. The molecule has 34 heavy (non-hydrogen) atoms. The van der Waals surface area contributed by atoms with Crippen LogP contribution in [0, 0.1) is 5.82 Å². The average Bonchev–Trinajstić information content (AvgIpc) is 3.08. The van der Waals surface area contributed by atoms with Crippen LogP contribution in [-0.2, 0) is 9.59 Å². The van der Waals surface area contributed by atoms with Gasteiger partial charge >= 0.3 is 0 Å². The van der Waals surface area contributed by atoms with E-state index in [1.54, 1.807) is 18.2 Å². The van der Waals surface area contributed by atoms with Gasteiger partial charge in [-0.2, -0.15) is 0 Å². The highest BCUT2D eigenvalue weighted by Gasteiger charge is 2.47. The summed E-state index contributed by atoms with van der Waals surface area (Å²) in [6.45, 7) is 0. The van der Waals surface area contributed by atoms with Crippen LogP contribution in [0.5, 0.6) is 11.5 Å². The number of carbonyl (C=O) groups is 2. The zero-order valence-electron chi connectivity index (χ0n) is 18.0. The summed E-state index contributed by atoms with van der Waals surface area (Å²) in [4.78, 5) is 27.7. The topological polar surface area (TPSA) is 76.1 Å². The summed E-state index contributed by atoms with van der Waals surface area (Å²) in [5, 5.41) is 11.9. The van der Waals surface area contributed by atoms with Crippen LogP contribution in [-0.4, -0.2) is 31.0 Å². The molecule has 1 N–H and O–H groups in total. The van der Waals surface area contributed by atoms with Crippen molar-refractivity contribution >= 4 is 46.3 Å². The van der Waals surface area contributed by atoms with Gasteiger partial charge in [-0.05, 0) is 48.0 Å². The van der Waals surface area contributed by atoms with Crippen LogP contribution in [0.25, 0.3) is 5.76 Å². The fraction of sp³-hybridized carbons (Fsp3) is 0.120. The van der Waals surface area contributed by atoms with Crippen molar-refractivity contribution < 1.29 is 28.6 Å². The van der Waals surface area contributed by atoms with Gasteiger partial charge in [0.25, 0.3) is 11.7 Å². The van der Waals surface area contributed by atoms with Gasteiger partial charge in [0, 0.05) is 15.7 Å². The van der Waals surface area contributed by atoms with Gasteiger partial charge in [0.05, 0.1) is 25.8 Å². The van der Waals surface area contributed by atoms with Crippen LogP contribution >= 0.6 is 23.2 Å². The molecule has 1 aliphatic rings. The molecule has 6 nitrogen and oxygen atoms in total. The molecule has 1 fully saturated rings. The second kappa shape index (κ2) is 9.37. The fourth-order valence-corrected chi connectivity index (χ4v) is 4.47. The van der Waals surface area contributed by atoms with E-state index in [1.807, 2.05) is 0 Å². The predicted octanol–water partition coefficient (Wildman–Crippen LogP) is 5.78. The van der Waals surface area contributed by atoms with E-state index in [-0.39, 0.29) is 38.4 Å². The number of ether oxygens (including phenoxy) is 2. The number of Topliss-reactive ketones (excluding diaryl/α,β-unsaturated/α-hetero) is 1. The quantitative estimate of drug-likeness (QED) is 0.272. The zero-order valence-corrected chi connectivity index (χ0v) is 19.5. The summed E-state index contributed by atoms with van der Waals surface area (Å²) in [6.07, 6.45) is 0.